The fourth-order valence-electron chi connectivity index (χ4n) is 1.92. The van der Waals surface area contributed by atoms with Crippen molar-refractivity contribution in [1.82, 2.24) is 10.2 Å². The van der Waals surface area contributed by atoms with Gasteiger partial charge in [0.05, 0.1) is 6.04 Å². The number of likely N-dealkylation sites (tertiary alicyclic amines) is 1. The number of hydrogen-bond acceptors (Lipinski definition) is 2. The molecule has 0 aromatic rings. The van der Waals surface area contributed by atoms with Crippen LogP contribution in [0.4, 0.5) is 0 Å². The Morgan fingerprint density at radius 2 is 2.14 bits per heavy atom. The third kappa shape index (κ3) is 2.47. The normalized spacial score (nSPS) is 24.8. The van der Waals surface area contributed by atoms with Crippen LogP contribution in [-0.4, -0.2) is 35.5 Å². The lowest BCUT2D eigenvalue weighted by Crippen LogP contribution is -2.43. The van der Waals surface area contributed by atoms with Crippen LogP contribution in [0, 0.1) is 0 Å². The minimum atomic E-state index is 0.0593. The lowest BCUT2D eigenvalue weighted by atomic mass is 10.2. The smallest absolute Gasteiger partial charge is 0.240 e. The maximum atomic E-state index is 11.9. The fraction of sp³-hybridized carbons (Fsp3) is 0.909. The molecule has 1 heterocycles. The van der Waals surface area contributed by atoms with E-state index in [4.69, 9.17) is 0 Å². The first-order chi connectivity index (χ1) is 6.56. The van der Waals surface area contributed by atoms with Crippen molar-refractivity contribution in [3.63, 3.8) is 0 Å². The molecule has 0 spiro atoms. The van der Waals surface area contributed by atoms with Gasteiger partial charge in [-0.05, 0) is 19.8 Å². The molecule has 2 unspecified atom stereocenters. The average Bonchev–Trinajstić information content (AvgIpc) is 2.46. The Morgan fingerprint density at radius 1 is 1.50 bits per heavy atom. The highest BCUT2D eigenvalue weighted by atomic mass is 16.2. The van der Waals surface area contributed by atoms with Crippen LogP contribution in [0.2, 0.25) is 0 Å². The number of amides is 1. The molecule has 1 aliphatic heterocycles. The number of nitrogens with zero attached hydrogens (tertiary/aromatic N) is 1. The first-order valence-corrected chi connectivity index (χ1v) is 5.62. The van der Waals surface area contributed by atoms with Crippen molar-refractivity contribution in [2.75, 3.05) is 6.54 Å². The molecule has 3 heteroatoms. The Balaban J connectivity index is 2.51. The molecule has 14 heavy (non-hydrogen) atoms. The lowest BCUT2D eigenvalue weighted by molar-refractivity contribution is -0.131. The van der Waals surface area contributed by atoms with Crippen molar-refractivity contribution >= 4 is 5.91 Å². The third-order valence-electron chi connectivity index (χ3n) is 2.90. The first-order valence-electron chi connectivity index (χ1n) is 5.62. The van der Waals surface area contributed by atoms with Gasteiger partial charge >= 0.3 is 0 Å². The van der Waals surface area contributed by atoms with Crippen molar-refractivity contribution in [3.8, 4) is 0 Å². The molecule has 2 atom stereocenters. The van der Waals surface area contributed by atoms with Crippen molar-refractivity contribution in [2.24, 2.45) is 0 Å². The molecule has 82 valence electrons. The summed E-state index contributed by atoms with van der Waals surface area (Å²) in [4.78, 5) is 13.9. The van der Waals surface area contributed by atoms with Gasteiger partial charge in [0.2, 0.25) is 5.91 Å². The van der Waals surface area contributed by atoms with Crippen LogP contribution < -0.4 is 5.32 Å². The lowest BCUT2D eigenvalue weighted by Gasteiger charge is -2.24. The summed E-state index contributed by atoms with van der Waals surface area (Å²) < 4.78 is 0. The van der Waals surface area contributed by atoms with Crippen LogP contribution in [0.1, 0.15) is 40.5 Å². The molecule has 0 aliphatic carbocycles. The van der Waals surface area contributed by atoms with Crippen LogP contribution in [0.3, 0.4) is 0 Å². The van der Waals surface area contributed by atoms with E-state index in [2.05, 4.69) is 33.0 Å². The van der Waals surface area contributed by atoms with E-state index in [1.807, 2.05) is 4.90 Å². The summed E-state index contributed by atoms with van der Waals surface area (Å²) in [6, 6.07) is 0.839. The predicted molar refractivity (Wildman–Crippen MR) is 58.1 cm³/mol. The largest absolute Gasteiger partial charge is 0.339 e. The van der Waals surface area contributed by atoms with Gasteiger partial charge in [0.25, 0.3) is 0 Å². The second kappa shape index (κ2) is 4.78. The van der Waals surface area contributed by atoms with Crippen LogP contribution in [0.25, 0.3) is 0 Å². The summed E-state index contributed by atoms with van der Waals surface area (Å²) in [5.74, 6) is 0.285. The van der Waals surface area contributed by atoms with Crippen LogP contribution >= 0.6 is 0 Å². The summed E-state index contributed by atoms with van der Waals surface area (Å²) in [6.45, 7) is 9.33. The Bertz CT molecular complexity index is 203. The molecule has 3 nitrogen and oxygen atoms in total. The van der Waals surface area contributed by atoms with E-state index >= 15 is 0 Å². The van der Waals surface area contributed by atoms with Gasteiger partial charge in [0.15, 0.2) is 0 Å². The zero-order valence-corrected chi connectivity index (χ0v) is 9.71. The summed E-state index contributed by atoms with van der Waals surface area (Å²) in [7, 11) is 0. The van der Waals surface area contributed by atoms with Gasteiger partial charge < -0.3 is 10.2 Å². The van der Waals surface area contributed by atoms with Crippen LogP contribution in [0.5, 0.6) is 0 Å². The topological polar surface area (TPSA) is 32.3 Å². The summed E-state index contributed by atoms with van der Waals surface area (Å²) in [5.41, 5.74) is 0. The maximum absolute atomic E-state index is 11.9. The van der Waals surface area contributed by atoms with Gasteiger partial charge in [-0.15, -0.1) is 0 Å². The molecule has 0 saturated carbocycles. The highest BCUT2D eigenvalue weighted by Crippen LogP contribution is 2.16. The van der Waals surface area contributed by atoms with Gasteiger partial charge in [0.1, 0.15) is 0 Å². The number of hydrogen-bond donors (Lipinski definition) is 1. The van der Waals surface area contributed by atoms with Crippen molar-refractivity contribution < 1.29 is 4.79 Å². The minimum Gasteiger partial charge on any atom is -0.339 e. The van der Waals surface area contributed by atoms with Crippen LogP contribution in [0.15, 0.2) is 0 Å². The Morgan fingerprint density at radius 3 is 2.64 bits per heavy atom. The molecule has 1 aliphatic rings. The number of rotatable bonds is 4. The molecule has 1 fully saturated rings. The molecular formula is C11H22N2O. The summed E-state index contributed by atoms with van der Waals surface area (Å²) in [6.07, 6.45) is 2.00. The van der Waals surface area contributed by atoms with Crippen molar-refractivity contribution in [2.45, 2.75) is 58.7 Å². The van der Waals surface area contributed by atoms with Gasteiger partial charge in [-0.1, -0.05) is 20.8 Å². The van der Waals surface area contributed by atoms with E-state index in [0.29, 0.717) is 12.1 Å². The molecule has 1 saturated heterocycles. The van der Waals surface area contributed by atoms with E-state index in [0.717, 1.165) is 19.4 Å². The Labute approximate surface area is 86.9 Å². The van der Waals surface area contributed by atoms with E-state index in [9.17, 15) is 4.79 Å². The average molecular weight is 198 g/mol. The van der Waals surface area contributed by atoms with Gasteiger partial charge in [-0.25, -0.2) is 0 Å². The van der Waals surface area contributed by atoms with Gasteiger partial charge in [-0.3, -0.25) is 4.79 Å². The monoisotopic (exact) mass is 198 g/mol. The Hall–Kier alpha value is -0.570. The zero-order valence-electron chi connectivity index (χ0n) is 9.71. The minimum absolute atomic E-state index is 0.0593. The van der Waals surface area contributed by atoms with E-state index in [-0.39, 0.29) is 11.9 Å². The standard InChI is InChI=1S/C11H22N2O/c1-5-9(4)13-7-6-10(11(13)14)12-8(2)3/h8-10,12H,5-7H2,1-4H3. The third-order valence-corrected chi connectivity index (χ3v) is 2.90. The van der Waals surface area contributed by atoms with Gasteiger partial charge in [0, 0.05) is 18.6 Å². The van der Waals surface area contributed by atoms with E-state index in [1.165, 1.54) is 0 Å². The molecule has 0 radical (unpaired) electrons. The fourth-order valence-corrected chi connectivity index (χ4v) is 1.92. The number of carbonyl (C=O) groups excluding carboxylic acids is 1. The predicted octanol–water partition coefficient (Wildman–Crippen LogP) is 1.38. The first kappa shape index (κ1) is 11.5. The summed E-state index contributed by atoms with van der Waals surface area (Å²) in [5, 5.41) is 3.31. The Kier molecular flexibility index (Phi) is 3.93. The molecular weight excluding hydrogens is 176 g/mol. The highest BCUT2D eigenvalue weighted by Gasteiger charge is 2.33. The maximum Gasteiger partial charge on any atom is 0.240 e. The quantitative estimate of drug-likeness (QED) is 0.740. The van der Waals surface area contributed by atoms with Crippen molar-refractivity contribution in [3.05, 3.63) is 0 Å². The second-order valence-electron chi connectivity index (χ2n) is 4.45. The SMILES string of the molecule is CCC(C)N1CCC(NC(C)C)C1=O. The molecule has 1 N–H and O–H groups in total. The highest BCUT2D eigenvalue weighted by molar-refractivity contribution is 5.84. The number of nitrogens with one attached hydrogen (secondary N) is 1. The zero-order chi connectivity index (χ0) is 10.7. The van der Waals surface area contributed by atoms with Gasteiger partial charge in [-0.2, -0.15) is 0 Å². The van der Waals surface area contributed by atoms with Crippen molar-refractivity contribution in [1.29, 1.82) is 0 Å². The van der Waals surface area contributed by atoms with E-state index < -0.39 is 0 Å². The molecule has 0 bridgehead atoms. The summed E-state index contributed by atoms with van der Waals surface area (Å²) >= 11 is 0. The van der Waals surface area contributed by atoms with E-state index in [1.54, 1.807) is 0 Å². The molecule has 1 amide bonds. The second-order valence-corrected chi connectivity index (χ2v) is 4.45. The molecule has 0 aromatic carbocycles. The number of carbonyl (C=O) groups is 1. The molecule has 0 aromatic heterocycles. The molecule has 1 rings (SSSR count). The van der Waals surface area contributed by atoms with Crippen LogP contribution in [-0.2, 0) is 4.79 Å².